The molecule has 1 N–H and O–H groups in total. The molecule has 0 aliphatic carbocycles. The smallest absolute Gasteiger partial charge is 0.0540 e. The van der Waals surface area contributed by atoms with E-state index in [1.165, 1.54) is 51.4 Å². The largest absolute Gasteiger partial charge is 0.393 e. The fourth-order valence-electron chi connectivity index (χ4n) is 1.97. The third kappa shape index (κ3) is 11.8. The summed E-state index contributed by atoms with van der Waals surface area (Å²) in [4.78, 5) is 0. The summed E-state index contributed by atoms with van der Waals surface area (Å²) < 4.78 is 0. The molecule has 0 aromatic rings. The van der Waals surface area contributed by atoms with E-state index in [2.05, 4.69) is 13.5 Å². The molecule has 0 saturated heterocycles. The summed E-state index contributed by atoms with van der Waals surface area (Å²) in [7, 11) is 0. The van der Waals surface area contributed by atoms with Gasteiger partial charge in [-0.05, 0) is 25.7 Å². The summed E-state index contributed by atoms with van der Waals surface area (Å²) >= 11 is 0. The summed E-state index contributed by atoms with van der Waals surface area (Å²) in [5.74, 6) is 0. The molecule has 0 aromatic heterocycles. The van der Waals surface area contributed by atoms with Crippen molar-refractivity contribution in [1.29, 1.82) is 0 Å². The molecular formula is C15H30O. The maximum atomic E-state index is 9.74. The van der Waals surface area contributed by atoms with Gasteiger partial charge >= 0.3 is 0 Å². The van der Waals surface area contributed by atoms with Crippen molar-refractivity contribution in [3.8, 4) is 0 Å². The third-order valence-electron chi connectivity index (χ3n) is 3.09. The number of aliphatic hydroxyl groups is 1. The molecule has 0 spiro atoms. The van der Waals surface area contributed by atoms with Crippen molar-refractivity contribution in [2.75, 3.05) is 0 Å². The fraction of sp³-hybridized carbons (Fsp3) is 0.867. The van der Waals surface area contributed by atoms with Crippen molar-refractivity contribution in [1.82, 2.24) is 0 Å². The highest BCUT2D eigenvalue weighted by atomic mass is 16.3. The summed E-state index contributed by atoms with van der Waals surface area (Å²) in [6.07, 6.45) is 15.1. The second-order valence-corrected chi connectivity index (χ2v) is 4.78. The van der Waals surface area contributed by atoms with E-state index in [1.807, 2.05) is 6.08 Å². The van der Waals surface area contributed by atoms with E-state index in [9.17, 15) is 5.11 Å². The highest BCUT2D eigenvalue weighted by molar-refractivity contribution is 4.66. The molecule has 0 aliphatic heterocycles. The summed E-state index contributed by atoms with van der Waals surface area (Å²) in [5, 5.41) is 9.74. The van der Waals surface area contributed by atoms with Gasteiger partial charge in [0.1, 0.15) is 0 Å². The molecule has 0 saturated carbocycles. The van der Waals surface area contributed by atoms with Crippen LogP contribution < -0.4 is 0 Å². The number of hydrogen-bond donors (Lipinski definition) is 1. The molecule has 16 heavy (non-hydrogen) atoms. The first kappa shape index (κ1) is 15.7. The molecule has 1 unspecified atom stereocenters. The fourth-order valence-corrected chi connectivity index (χ4v) is 1.97. The lowest BCUT2D eigenvalue weighted by Gasteiger charge is -2.09. The minimum absolute atomic E-state index is 0.0506. The topological polar surface area (TPSA) is 20.2 Å². The Morgan fingerprint density at radius 1 is 0.938 bits per heavy atom. The minimum Gasteiger partial charge on any atom is -0.393 e. The first-order valence-corrected chi connectivity index (χ1v) is 7.10. The highest BCUT2D eigenvalue weighted by Gasteiger charge is 2.03. The molecule has 0 rings (SSSR count). The molecule has 0 fully saturated rings. The summed E-state index contributed by atoms with van der Waals surface area (Å²) in [6.45, 7) is 5.94. The number of rotatable bonds is 12. The van der Waals surface area contributed by atoms with E-state index in [0.29, 0.717) is 0 Å². The average molecular weight is 226 g/mol. The molecular weight excluding hydrogens is 196 g/mol. The number of unbranched alkanes of at least 4 members (excludes halogenated alkanes) is 7. The SMILES string of the molecule is C=CCCCCCC(O)CCCCCCC. The summed E-state index contributed by atoms with van der Waals surface area (Å²) in [6, 6.07) is 0. The van der Waals surface area contributed by atoms with E-state index in [1.54, 1.807) is 0 Å². The maximum Gasteiger partial charge on any atom is 0.0540 e. The second-order valence-electron chi connectivity index (χ2n) is 4.78. The zero-order valence-corrected chi connectivity index (χ0v) is 11.1. The van der Waals surface area contributed by atoms with Crippen LogP contribution in [0.2, 0.25) is 0 Å². The van der Waals surface area contributed by atoms with Crippen LogP contribution in [-0.2, 0) is 0 Å². The third-order valence-corrected chi connectivity index (χ3v) is 3.09. The standard InChI is InChI=1S/C15H30O/c1-3-5-7-9-11-13-15(16)14-12-10-8-6-4-2/h3,15-16H,1,4-14H2,2H3. The Labute approximate surface area is 102 Å². The first-order valence-electron chi connectivity index (χ1n) is 7.10. The lowest BCUT2D eigenvalue weighted by atomic mass is 10.0. The van der Waals surface area contributed by atoms with Gasteiger partial charge in [0.15, 0.2) is 0 Å². The van der Waals surface area contributed by atoms with Gasteiger partial charge in [0.05, 0.1) is 6.10 Å². The van der Waals surface area contributed by atoms with Gasteiger partial charge in [0, 0.05) is 0 Å². The van der Waals surface area contributed by atoms with Gasteiger partial charge in [0.25, 0.3) is 0 Å². The van der Waals surface area contributed by atoms with Crippen LogP contribution in [0, 0.1) is 0 Å². The van der Waals surface area contributed by atoms with Crippen LogP contribution in [0.4, 0.5) is 0 Å². The highest BCUT2D eigenvalue weighted by Crippen LogP contribution is 2.12. The van der Waals surface area contributed by atoms with Crippen LogP contribution in [0.5, 0.6) is 0 Å². The van der Waals surface area contributed by atoms with Gasteiger partial charge in [-0.25, -0.2) is 0 Å². The van der Waals surface area contributed by atoms with E-state index >= 15 is 0 Å². The van der Waals surface area contributed by atoms with Crippen LogP contribution in [0.25, 0.3) is 0 Å². The Balaban J connectivity index is 3.11. The quantitative estimate of drug-likeness (QED) is 0.373. The second kappa shape index (κ2) is 12.8. The monoisotopic (exact) mass is 226 g/mol. The van der Waals surface area contributed by atoms with Crippen molar-refractivity contribution in [3.63, 3.8) is 0 Å². The number of hydrogen-bond acceptors (Lipinski definition) is 1. The van der Waals surface area contributed by atoms with Crippen molar-refractivity contribution in [2.45, 2.75) is 83.7 Å². The zero-order chi connectivity index (χ0) is 12.1. The molecule has 0 heterocycles. The van der Waals surface area contributed by atoms with Gasteiger partial charge < -0.3 is 5.11 Å². The molecule has 0 aromatic carbocycles. The van der Waals surface area contributed by atoms with E-state index in [4.69, 9.17) is 0 Å². The molecule has 1 atom stereocenters. The molecule has 96 valence electrons. The van der Waals surface area contributed by atoms with E-state index in [0.717, 1.165) is 19.3 Å². The first-order chi connectivity index (χ1) is 7.81. The van der Waals surface area contributed by atoms with Crippen molar-refractivity contribution < 1.29 is 5.11 Å². The Bertz CT molecular complexity index is 142. The number of allylic oxidation sites excluding steroid dienone is 1. The Morgan fingerprint density at radius 3 is 2.06 bits per heavy atom. The van der Waals surface area contributed by atoms with Gasteiger partial charge in [0.2, 0.25) is 0 Å². The van der Waals surface area contributed by atoms with E-state index in [-0.39, 0.29) is 6.10 Å². The molecule has 1 heteroatoms. The van der Waals surface area contributed by atoms with Crippen molar-refractivity contribution >= 4 is 0 Å². The van der Waals surface area contributed by atoms with Gasteiger partial charge in [-0.3, -0.25) is 0 Å². The molecule has 0 radical (unpaired) electrons. The van der Waals surface area contributed by atoms with E-state index < -0.39 is 0 Å². The van der Waals surface area contributed by atoms with Gasteiger partial charge in [-0.15, -0.1) is 6.58 Å². The Kier molecular flexibility index (Phi) is 12.5. The van der Waals surface area contributed by atoms with Gasteiger partial charge in [-0.2, -0.15) is 0 Å². The normalized spacial score (nSPS) is 12.6. The molecule has 0 aliphatic rings. The predicted molar refractivity (Wildman–Crippen MR) is 72.7 cm³/mol. The molecule has 0 bridgehead atoms. The Morgan fingerprint density at radius 2 is 1.50 bits per heavy atom. The summed E-state index contributed by atoms with van der Waals surface area (Å²) in [5.41, 5.74) is 0. The van der Waals surface area contributed by atoms with Crippen LogP contribution in [0.1, 0.15) is 77.6 Å². The van der Waals surface area contributed by atoms with Crippen LogP contribution in [0.3, 0.4) is 0 Å². The van der Waals surface area contributed by atoms with Crippen molar-refractivity contribution in [3.05, 3.63) is 12.7 Å². The average Bonchev–Trinajstić information content (AvgIpc) is 2.28. The predicted octanol–water partition coefficient (Wildman–Crippen LogP) is 4.84. The van der Waals surface area contributed by atoms with Crippen molar-refractivity contribution in [2.24, 2.45) is 0 Å². The van der Waals surface area contributed by atoms with Crippen LogP contribution in [0.15, 0.2) is 12.7 Å². The Hall–Kier alpha value is -0.300. The number of aliphatic hydroxyl groups excluding tert-OH is 1. The minimum atomic E-state index is -0.0506. The zero-order valence-electron chi connectivity index (χ0n) is 11.1. The lowest BCUT2D eigenvalue weighted by molar-refractivity contribution is 0.147. The molecule has 1 nitrogen and oxygen atoms in total. The maximum absolute atomic E-state index is 9.74. The lowest BCUT2D eigenvalue weighted by Crippen LogP contribution is -2.05. The van der Waals surface area contributed by atoms with Crippen LogP contribution in [-0.4, -0.2) is 11.2 Å². The van der Waals surface area contributed by atoms with Crippen LogP contribution >= 0.6 is 0 Å². The van der Waals surface area contributed by atoms with Gasteiger partial charge in [-0.1, -0.05) is 57.9 Å². The molecule has 0 amide bonds.